The third kappa shape index (κ3) is 2.58. The molecule has 2 N–H and O–H groups in total. The largest absolute Gasteiger partial charge is 0.327 e. The molecule has 6 nitrogen and oxygen atoms in total. The molecule has 6 heteroatoms. The number of aryl methyl sites for hydroxylation is 1. The van der Waals surface area contributed by atoms with E-state index in [0.717, 1.165) is 31.4 Å². The van der Waals surface area contributed by atoms with E-state index in [0.29, 0.717) is 0 Å². The van der Waals surface area contributed by atoms with E-state index in [1.165, 1.54) is 0 Å². The van der Waals surface area contributed by atoms with Crippen molar-refractivity contribution in [2.24, 2.45) is 0 Å². The minimum Gasteiger partial charge on any atom is -0.290 e. The molecular weight excluding hydrogens is 220 g/mol. The minimum absolute atomic E-state index is 0.170. The average molecular weight is 234 g/mol. The fourth-order valence-electron chi connectivity index (χ4n) is 1.66. The first-order chi connectivity index (χ1) is 8.20. The van der Waals surface area contributed by atoms with Gasteiger partial charge in [0.1, 0.15) is 0 Å². The highest BCUT2D eigenvalue weighted by Crippen LogP contribution is 2.05. The average Bonchev–Trinajstić information content (AvgIpc) is 2.28. The molecule has 0 fully saturated rings. The maximum absolute atomic E-state index is 11.4. The third-order valence-electron chi connectivity index (χ3n) is 2.53. The monoisotopic (exact) mass is 234 g/mol. The normalized spacial score (nSPS) is 10.9. The predicted octanol–water partition coefficient (Wildman–Crippen LogP) is 0.739. The summed E-state index contributed by atoms with van der Waals surface area (Å²) in [6, 6.07) is 0. The van der Waals surface area contributed by atoms with Crippen molar-refractivity contribution in [3.63, 3.8) is 0 Å². The molecule has 17 heavy (non-hydrogen) atoms. The van der Waals surface area contributed by atoms with Crippen LogP contribution in [0.15, 0.2) is 15.8 Å². The number of aromatic amines is 2. The summed E-state index contributed by atoms with van der Waals surface area (Å²) < 4.78 is 0. The molecule has 0 aromatic carbocycles. The summed E-state index contributed by atoms with van der Waals surface area (Å²) >= 11 is 0. The quantitative estimate of drug-likeness (QED) is 0.763. The molecule has 0 saturated carbocycles. The van der Waals surface area contributed by atoms with Gasteiger partial charge in [-0.2, -0.15) is 0 Å². The zero-order chi connectivity index (χ0) is 12.3. The molecule has 0 bridgehead atoms. The van der Waals surface area contributed by atoms with Crippen LogP contribution in [0.4, 0.5) is 0 Å². The standard InChI is InChI=1S/C11H14N4O2/c1-2-3-4-5-7-6-12-8-9(13-7)14-11(17)15-10(8)16/h6H,2-5H2,1H3,(H2,13,14,15,16,17). The maximum Gasteiger partial charge on any atom is 0.327 e. The fraction of sp³-hybridized carbons (Fsp3) is 0.455. The van der Waals surface area contributed by atoms with Gasteiger partial charge in [0.25, 0.3) is 5.56 Å². The second kappa shape index (κ2) is 4.90. The summed E-state index contributed by atoms with van der Waals surface area (Å²) in [5.41, 5.74) is 0.169. The van der Waals surface area contributed by atoms with Crippen molar-refractivity contribution in [1.29, 1.82) is 0 Å². The summed E-state index contributed by atoms with van der Waals surface area (Å²) in [5.74, 6) is 0. The second-order valence-electron chi connectivity index (χ2n) is 3.92. The van der Waals surface area contributed by atoms with Crippen molar-refractivity contribution in [2.75, 3.05) is 0 Å². The van der Waals surface area contributed by atoms with Gasteiger partial charge < -0.3 is 0 Å². The first-order valence-corrected chi connectivity index (χ1v) is 5.69. The van der Waals surface area contributed by atoms with Gasteiger partial charge in [-0.25, -0.2) is 14.8 Å². The minimum atomic E-state index is -0.553. The van der Waals surface area contributed by atoms with Gasteiger partial charge in [-0.05, 0) is 12.8 Å². The Morgan fingerprint density at radius 3 is 2.82 bits per heavy atom. The lowest BCUT2D eigenvalue weighted by atomic mass is 10.2. The Hall–Kier alpha value is -1.98. The Morgan fingerprint density at radius 2 is 2.06 bits per heavy atom. The molecule has 2 aromatic heterocycles. The van der Waals surface area contributed by atoms with Gasteiger partial charge in [0.2, 0.25) is 0 Å². The fourth-order valence-corrected chi connectivity index (χ4v) is 1.66. The Kier molecular flexibility index (Phi) is 3.32. The van der Waals surface area contributed by atoms with Crippen LogP contribution in [0, 0.1) is 0 Å². The number of fused-ring (bicyclic) bond motifs is 1. The van der Waals surface area contributed by atoms with E-state index < -0.39 is 11.2 Å². The molecule has 0 aliphatic carbocycles. The lowest BCUT2D eigenvalue weighted by Gasteiger charge is -2.00. The third-order valence-corrected chi connectivity index (χ3v) is 2.53. The highest BCUT2D eigenvalue weighted by molar-refractivity contribution is 5.67. The van der Waals surface area contributed by atoms with Crippen molar-refractivity contribution < 1.29 is 0 Å². The van der Waals surface area contributed by atoms with Crippen molar-refractivity contribution in [3.05, 3.63) is 32.7 Å². The molecule has 2 heterocycles. The molecule has 0 saturated heterocycles. The Morgan fingerprint density at radius 1 is 1.24 bits per heavy atom. The van der Waals surface area contributed by atoms with Crippen molar-refractivity contribution in [3.8, 4) is 0 Å². The SMILES string of the molecule is CCCCCc1cnc2c(=O)[nH]c(=O)[nH]c2n1. The van der Waals surface area contributed by atoms with Crippen LogP contribution in [0.25, 0.3) is 11.2 Å². The Bertz CT molecular complexity index is 629. The number of nitrogens with zero attached hydrogens (tertiary/aromatic N) is 2. The van der Waals surface area contributed by atoms with Crippen molar-refractivity contribution in [2.45, 2.75) is 32.6 Å². The summed E-state index contributed by atoms with van der Waals surface area (Å²) in [6.07, 6.45) is 5.70. The van der Waals surface area contributed by atoms with E-state index in [1.54, 1.807) is 6.20 Å². The molecule has 90 valence electrons. The summed E-state index contributed by atoms with van der Waals surface area (Å²) in [7, 11) is 0. The van der Waals surface area contributed by atoms with Crippen LogP contribution < -0.4 is 11.2 Å². The van der Waals surface area contributed by atoms with Crippen LogP contribution >= 0.6 is 0 Å². The van der Waals surface area contributed by atoms with Crippen molar-refractivity contribution >= 4 is 11.2 Å². The maximum atomic E-state index is 11.4. The van der Waals surface area contributed by atoms with Crippen molar-refractivity contribution in [1.82, 2.24) is 19.9 Å². The van der Waals surface area contributed by atoms with Crippen LogP contribution in [-0.4, -0.2) is 19.9 Å². The van der Waals surface area contributed by atoms with E-state index in [2.05, 4.69) is 26.9 Å². The van der Waals surface area contributed by atoms with Gasteiger partial charge in [0.05, 0.1) is 5.69 Å². The summed E-state index contributed by atoms with van der Waals surface area (Å²) in [5, 5.41) is 0. The Labute approximate surface area is 97.1 Å². The van der Waals surface area contributed by atoms with Gasteiger partial charge in [-0.1, -0.05) is 19.8 Å². The van der Waals surface area contributed by atoms with Gasteiger partial charge in [-0.15, -0.1) is 0 Å². The molecule has 2 rings (SSSR count). The zero-order valence-corrected chi connectivity index (χ0v) is 9.62. The summed E-state index contributed by atoms with van der Waals surface area (Å²) in [6.45, 7) is 2.13. The summed E-state index contributed by atoms with van der Waals surface area (Å²) in [4.78, 5) is 35.3. The lowest BCUT2D eigenvalue weighted by molar-refractivity contribution is 0.706. The van der Waals surface area contributed by atoms with Crippen LogP contribution in [-0.2, 0) is 6.42 Å². The van der Waals surface area contributed by atoms with E-state index >= 15 is 0 Å². The first-order valence-electron chi connectivity index (χ1n) is 5.69. The van der Waals surface area contributed by atoms with Crippen LogP contribution in [0.5, 0.6) is 0 Å². The Balaban J connectivity index is 2.37. The van der Waals surface area contributed by atoms with Gasteiger partial charge >= 0.3 is 5.69 Å². The van der Waals surface area contributed by atoms with E-state index in [4.69, 9.17) is 0 Å². The lowest BCUT2D eigenvalue weighted by Crippen LogP contribution is -2.23. The molecule has 0 radical (unpaired) electrons. The number of rotatable bonds is 4. The molecule has 2 aromatic rings. The molecule has 0 aliphatic rings. The number of unbranched alkanes of at least 4 members (excludes halogenated alkanes) is 2. The topological polar surface area (TPSA) is 91.5 Å². The number of hydrogen-bond acceptors (Lipinski definition) is 4. The van der Waals surface area contributed by atoms with E-state index in [1.807, 2.05) is 0 Å². The molecule has 0 atom stereocenters. The molecule has 0 unspecified atom stereocenters. The predicted molar refractivity (Wildman–Crippen MR) is 64.0 cm³/mol. The smallest absolute Gasteiger partial charge is 0.290 e. The number of hydrogen-bond donors (Lipinski definition) is 2. The molecular formula is C11H14N4O2. The molecule has 0 spiro atoms. The van der Waals surface area contributed by atoms with E-state index in [-0.39, 0.29) is 11.2 Å². The molecule has 0 amide bonds. The highest BCUT2D eigenvalue weighted by atomic mass is 16.2. The van der Waals surface area contributed by atoms with Crippen LogP contribution in [0.3, 0.4) is 0 Å². The number of H-pyrrole nitrogens is 2. The zero-order valence-electron chi connectivity index (χ0n) is 9.62. The number of nitrogens with one attached hydrogen (secondary N) is 2. The molecule has 0 aliphatic heterocycles. The number of aromatic nitrogens is 4. The van der Waals surface area contributed by atoms with Gasteiger partial charge in [0.15, 0.2) is 11.2 Å². The first kappa shape index (κ1) is 11.5. The van der Waals surface area contributed by atoms with Gasteiger partial charge in [-0.3, -0.25) is 14.8 Å². The highest BCUT2D eigenvalue weighted by Gasteiger charge is 2.04. The van der Waals surface area contributed by atoms with Crippen LogP contribution in [0.1, 0.15) is 31.9 Å². The van der Waals surface area contributed by atoms with E-state index in [9.17, 15) is 9.59 Å². The van der Waals surface area contributed by atoms with Crippen LogP contribution in [0.2, 0.25) is 0 Å². The second-order valence-corrected chi connectivity index (χ2v) is 3.92. The van der Waals surface area contributed by atoms with Gasteiger partial charge in [0, 0.05) is 6.20 Å².